The van der Waals surface area contributed by atoms with Crippen LogP contribution in [0.1, 0.15) is 31.1 Å². The molecule has 176 valence electrons. The molecule has 1 aliphatic heterocycles. The Balaban J connectivity index is 1.17. The molecule has 2 aromatic carbocycles. The van der Waals surface area contributed by atoms with Crippen molar-refractivity contribution in [3.63, 3.8) is 0 Å². The third kappa shape index (κ3) is 3.60. The highest BCUT2D eigenvalue weighted by atomic mass is 35.5. The van der Waals surface area contributed by atoms with Crippen LogP contribution in [0.25, 0.3) is 21.6 Å². The lowest BCUT2D eigenvalue weighted by Gasteiger charge is -2.31. The van der Waals surface area contributed by atoms with Crippen molar-refractivity contribution < 1.29 is 17.7 Å². The molecule has 1 saturated carbocycles. The molecule has 8 nitrogen and oxygen atoms in total. The molecule has 6 rings (SSSR count). The number of hydrogen-bond donors (Lipinski definition) is 0. The zero-order chi connectivity index (χ0) is 23.5. The van der Waals surface area contributed by atoms with E-state index >= 15 is 0 Å². The van der Waals surface area contributed by atoms with E-state index < -0.39 is 10.0 Å². The van der Waals surface area contributed by atoms with Gasteiger partial charge in [0.15, 0.2) is 0 Å². The smallest absolute Gasteiger partial charge is 0.243 e. The summed E-state index contributed by atoms with van der Waals surface area (Å²) in [5.74, 6) is 1.79. The van der Waals surface area contributed by atoms with Crippen LogP contribution in [-0.4, -0.2) is 48.0 Å². The Bertz CT molecular complexity index is 1490. The molecule has 0 radical (unpaired) electrons. The van der Waals surface area contributed by atoms with E-state index in [0.717, 1.165) is 29.5 Å². The second-order valence-corrected chi connectivity index (χ2v) is 12.1. The average Bonchev–Trinajstić information content (AvgIpc) is 3.21. The van der Waals surface area contributed by atoms with Gasteiger partial charge in [-0.25, -0.2) is 13.4 Å². The Kier molecular flexibility index (Phi) is 5.18. The molecular formula is C23H21ClN4O4S2. The van der Waals surface area contributed by atoms with Crippen molar-refractivity contribution in [1.29, 1.82) is 0 Å². The zero-order valence-corrected chi connectivity index (χ0v) is 20.7. The minimum atomic E-state index is -3.55. The van der Waals surface area contributed by atoms with Gasteiger partial charge in [0.25, 0.3) is 0 Å². The minimum Gasteiger partial charge on any atom is -0.496 e. The van der Waals surface area contributed by atoms with Crippen molar-refractivity contribution in [3.8, 4) is 17.1 Å². The number of piperidine rings is 1. The van der Waals surface area contributed by atoms with Gasteiger partial charge < -0.3 is 9.26 Å². The predicted molar refractivity (Wildman–Crippen MR) is 129 cm³/mol. The Hall–Kier alpha value is -2.53. The molecule has 2 aromatic heterocycles. The van der Waals surface area contributed by atoms with Crippen LogP contribution < -0.4 is 4.74 Å². The van der Waals surface area contributed by atoms with E-state index in [-0.39, 0.29) is 11.3 Å². The first-order valence-corrected chi connectivity index (χ1v) is 13.6. The van der Waals surface area contributed by atoms with Gasteiger partial charge in [-0.3, -0.25) is 0 Å². The van der Waals surface area contributed by atoms with Crippen LogP contribution in [0.15, 0.2) is 51.3 Å². The molecule has 2 aliphatic rings. The summed E-state index contributed by atoms with van der Waals surface area (Å²) >= 11 is 7.58. The topological polar surface area (TPSA) is 98.4 Å². The lowest BCUT2D eigenvalue weighted by atomic mass is 9.92. The maximum atomic E-state index is 13.2. The second kappa shape index (κ2) is 8.01. The quantitative estimate of drug-likeness (QED) is 0.369. The molecule has 11 heteroatoms. The molecule has 1 aliphatic carbocycles. The van der Waals surface area contributed by atoms with Gasteiger partial charge in [-0.05, 0) is 61.1 Å². The fraction of sp³-hybridized carbons (Fsp3) is 0.348. The number of halogens is 1. The molecule has 4 aromatic rings. The van der Waals surface area contributed by atoms with Crippen molar-refractivity contribution >= 4 is 43.2 Å². The summed E-state index contributed by atoms with van der Waals surface area (Å²) in [6, 6.07) is 10.4. The largest absolute Gasteiger partial charge is 0.496 e. The molecule has 0 amide bonds. The molecule has 1 spiro atoms. The van der Waals surface area contributed by atoms with E-state index in [1.54, 1.807) is 53.3 Å². The Morgan fingerprint density at radius 2 is 2.03 bits per heavy atom. The van der Waals surface area contributed by atoms with E-state index in [0.29, 0.717) is 46.0 Å². The first-order chi connectivity index (χ1) is 16.4. The van der Waals surface area contributed by atoms with Crippen LogP contribution in [0.4, 0.5) is 0 Å². The molecule has 0 N–H and O–H groups in total. The molecule has 0 bridgehead atoms. The van der Waals surface area contributed by atoms with Gasteiger partial charge in [-0.1, -0.05) is 16.8 Å². The fourth-order valence-corrected chi connectivity index (χ4v) is 7.34. The maximum absolute atomic E-state index is 13.2. The molecular weight excluding hydrogens is 496 g/mol. The standard InChI is InChI=1S/C23H21ClN4O4S2/c1-31-19-5-2-14(24)10-16(19)21-26-22(32-27-21)17-12-23(17)6-8-28(9-7-23)34(29,30)15-3-4-18-20(11-15)33-13-25-18/h2-5,10-11,13,17H,6-9,12H2,1H3. The van der Waals surface area contributed by atoms with Crippen molar-refractivity contribution in [1.82, 2.24) is 19.4 Å². The van der Waals surface area contributed by atoms with Crippen LogP contribution in [-0.2, 0) is 10.0 Å². The first-order valence-electron chi connectivity index (χ1n) is 10.9. The van der Waals surface area contributed by atoms with Gasteiger partial charge in [0.1, 0.15) is 5.75 Å². The average molecular weight is 517 g/mol. The van der Waals surface area contributed by atoms with Gasteiger partial charge in [0.05, 0.1) is 33.3 Å². The Morgan fingerprint density at radius 3 is 2.82 bits per heavy atom. The number of rotatable bonds is 5. The van der Waals surface area contributed by atoms with Crippen molar-refractivity contribution in [2.24, 2.45) is 5.41 Å². The molecule has 34 heavy (non-hydrogen) atoms. The van der Waals surface area contributed by atoms with E-state index in [4.69, 9.17) is 20.9 Å². The number of aromatic nitrogens is 3. The number of fused-ring (bicyclic) bond motifs is 1. The van der Waals surface area contributed by atoms with Crippen molar-refractivity contribution in [2.75, 3.05) is 20.2 Å². The van der Waals surface area contributed by atoms with Crippen LogP contribution in [0.3, 0.4) is 0 Å². The number of ether oxygens (including phenoxy) is 1. The van der Waals surface area contributed by atoms with E-state index in [2.05, 4.69) is 15.1 Å². The van der Waals surface area contributed by atoms with Crippen LogP contribution in [0, 0.1) is 5.41 Å². The number of hydrogen-bond acceptors (Lipinski definition) is 8. The SMILES string of the molecule is COc1ccc(Cl)cc1-c1noc(C2CC23CCN(S(=O)(=O)c2ccc4ncsc4c2)CC3)n1. The summed E-state index contributed by atoms with van der Waals surface area (Å²) in [5.41, 5.74) is 3.23. The highest BCUT2D eigenvalue weighted by molar-refractivity contribution is 7.89. The summed E-state index contributed by atoms with van der Waals surface area (Å²) < 4.78 is 39.9. The van der Waals surface area contributed by atoms with E-state index in [1.807, 2.05) is 0 Å². The van der Waals surface area contributed by atoms with Gasteiger partial charge in [-0.15, -0.1) is 11.3 Å². The van der Waals surface area contributed by atoms with Gasteiger partial charge in [0, 0.05) is 24.0 Å². The third-order valence-electron chi connectivity index (χ3n) is 6.99. The first kappa shape index (κ1) is 22.0. The second-order valence-electron chi connectivity index (χ2n) is 8.81. The highest BCUT2D eigenvalue weighted by Gasteiger charge is 2.59. The van der Waals surface area contributed by atoms with Crippen molar-refractivity contribution in [3.05, 3.63) is 52.8 Å². The summed E-state index contributed by atoms with van der Waals surface area (Å²) in [5, 5.41) is 4.72. The number of methoxy groups -OCH3 is 1. The normalized spacial score (nSPS) is 20.1. The van der Waals surface area contributed by atoms with Gasteiger partial charge in [0.2, 0.25) is 21.7 Å². The summed E-state index contributed by atoms with van der Waals surface area (Å²) in [7, 11) is -1.96. The van der Waals surface area contributed by atoms with Crippen LogP contribution in [0.2, 0.25) is 5.02 Å². The Morgan fingerprint density at radius 1 is 1.21 bits per heavy atom. The molecule has 2 fully saturated rings. The Labute approximate surface area is 205 Å². The molecule has 1 unspecified atom stereocenters. The monoisotopic (exact) mass is 516 g/mol. The number of benzene rings is 2. The van der Waals surface area contributed by atoms with Crippen molar-refractivity contribution in [2.45, 2.75) is 30.1 Å². The number of sulfonamides is 1. The molecule has 3 heterocycles. The van der Waals surface area contributed by atoms with Crippen LogP contribution in [0.5, 0.6) is 5.75 Å². The highest BCUT2D eigenvalue weighted by Crippen LogP contribution is 2.64. The van der Waals surface area contributed by atoms with Gasteiger partial charge >= 0.3 is 0 Å². The van der Waals surface area contributed by atoms with Gasteiger partial charge in [-0.2, -0.15) is 9.29 Å². The summed E-state index contributed by atoms with van der Waals surface area (Å²) in [4.78, 5) is 9.18. The lowest BCUT2D eigenvalue weighted by Crippen LogP contribution is -2.39. The van der Waals surface area contributed by atoms with Crippen LogP contribution >= 0.6 is 22.9 Å². The number of thiazole rings is 1. The molecule has 1 atom stereocenters. The third-order valence-corrected chi connectivity index (χ3v) is 9.91. The zero-order valence-electron chi connectivity index (χ0n) is 18.3. The number of nitrogens with zero attached hydrogens (tertiary/aromatic N) is 4. The fourth-order valence-electron chi connectivity index (χ4n) is 4.91. The van der Waals surface area contributed by atoms with E-state index in [9.17, 15) is 8.42 Å². The predicted octanol–water partition coefficient (Wildman–Crippen LogP) is 4.97. The minimum absolute atomic E-state index is 0.00979. The van der Waals surface area contributed by atoms with E-state index in [1.165, 1.54) is 11.3 Å². The molecule has 1 saturated heterocycles. The summed E-state index contributed by atoms with van der Waals surface area (Å²) in [6.07, 6.45) is 2.44. The lowest BCUT2D eigenvalue weighted by molar-refractivity contribution is 0.242. The maximum Gasteiger partial charge on any atom is 0.243 e. The summed E-state index contributed by atoms with van der Waals surface area (Å²) in [6.45, 7) is 0.950.